The largest absolute Gasteiger partial charge is 0.508 e. The van der Waals surface area contributed by atoms with Crippen molar-refractivity contribution in [3.8, 4) is 5.75 Å². The highest BCUT2D eigenvalue weighted by atomic mass is 16.5. The first-order valence-electron chi connectivity index (χ1n) is 11.9. The second kappa shape index (κ2) is 14.4. The summed E-state index contributed by atoms with van der Waals surface area (Å²) in [5.41, 5.74) is 2.12. The van der Waals surface area contributed by atoms with Gasteiger partial charge in [0, 0.05) is 6.92 Å². The summed E-state index contributed by atoms with van der Waals surface area (Å²) in [6, 6.07) is 14.6. The van der Waals surface area contributed by atoms with Crippen LogP contribution in [0.2, 0.25) is 0 Å². The number of benzene rings is 2. The molecule has 34 heavy (non-hydrogen) atoms. The van der Waals surface area contributed by atoms with E-state index in [-0.39, 0.29) is 30.2 Å². The lowest BCUT2D eigenvalue weighted by molar-refractivity contribution is -0.142. The van der Waals surface area contributed by atoms with Crippen molar-refractivity contribution in [1.82, 2.24) is 0 Å². The summed E-state index contributed by atoms with van der Waals surface area (Å²) in [7, 11) is 0. The molecular formula is C29H40O5. The van der Waals surface area contributed by atoms with Crippen LogP contribution in [0.4, 0.5) is 0 Å². The first-order valence-corrected chi connectivity index (χ1v) is 11.9. The Labute approximate surface area is 204 Å². The van der Waals surface area contributed by atoms with Crippen LogP contribution in [0.3, 0.4) is 0 Å². The minimum absolute atomic E-state index is 0.0919. The van der Waals surface area contributed by atoms with Crippen molar-refractivity contribution in [2.75, 3.05) is 0 Å². The van der Waals surface area contributed by atoms with Crippen molar-refractivity contribution in [2.45, 2.75) is 78.6 Å². The van der Waals surface area contributed by atoms with E-state index in [4.69, 9.17) is 9.47 Å². The molecule has 5 nitrogen and oxygen atoms in total. The molecule has 186 valence electrons. The van der Waals surface area contributed by atoms with Gasteiger partial charge in [-0.15, -0.1) is 13.2 Å². The molecule has 1 N–H and O–H groups in total. The Morgan fingerprint density at radius 1 is 0.971 bits per heavy atom. The number of aromatic hydroxyl groups is 1. The third-order valence-electron chi connectivity index (χ3n) is 5.76. The molecule has 0 saturated heterocycles. The fraction of sp³-hybridized carbons (Fsp3) is 0.448. The van der Waals surface area contributed by atoms with Gasteiger partial charge in [0.2, 0.25) is 0 Å². The van der Waals surface area contributed by atoms with Gasteiger partial charge in [0.25, 0.3) is 0 Å². The standard InChI is InChI=1S/C24H28O5.C3H8.C2H4/c1-16-12-23(24(13-16,17(2)25)21-8-10-22(27)11-9-21)29-15-20-6-4-19(5-7-20)14-28-18(3)26;1-3-2;1-2/h4-11,16,23,27H,12-15H2,1-3H3;3H2,1-2H3;1-2H2/t16?,23-,24-;;/m1../s1. The maximum absolute atomic E-state index is 12.8. The van der Waals surface area contributed by atoms with E-state index >= 15 is 0 Å². The Balaban J connectivity index is 0.00000107. The van der Waals surface area contributed by atoms with E-state index in [9.17, 15) is 14.7 Å². The van der Waals surface area contributed by atoms with E-state index < -0.39 is 5.41 Å². The summed E-state index contributed by atoms with van der Waals surface area (Å²) in [6.45, 7) is 16.1. The van der Waals surface area contributed by atoms with E-state index in [1.807, 2.05) is 36.4 Å². The third kappa shape index (κ3) is 7.84. The van der Waals surface area contributed by atoms with E-state index in [0.29, 0.717) is 12.5 Å². The number of hydrogen-bond donors (Lipinski definition) is 1. The molecule has 5 heteroatoms. The van der Waals surface area contributed by atoms with Gasteiger partial charge in [-0.3, -0.25) is 9.59 Å². The van der Waals surface area contributed by atoms with Gasteiger partial charge in [0.1, 0.15) is 18.1 Å². The molecule has 1 aliphatic carbocycles. The number of esters is 1. The van der Waals surface area contributed by atoms with Crippen LogP contribution in [0.1, 0.15) is 70.6 Å². The SMILES string of the molecule is C=C.CC(=O)OCc1ccc(CO[C@@H]2CC(C)C[C@@]2(C(C)=O)c2ccc(O)cc2)cc1.CCC. The lowest BCUT2D eigenvalue weighted by Crippen LogP contribution is -2.43. The van der Waals surface area contributed by atoms with Crippen LogP contribution in [0.15, 0.2) is 61.7 Å². The Bertz CT molecular complexity index is 888. The third-order valence-corrected chi connectivity index (χ3v) is 5.76. The Morgan fingerprint density at radius 2 is 1.47 bits per heavy atom. The molecule has 0 aromatic heterocycles. The first kappa shape index (κ1) is 29.1. The van der Waals surface area contributed by atoms with Crippen LogP contribution in [0, 0.1) is 5.92 Å². The summed E-state index contributed by atoms with van der Waals surface area (Å²) in [5, 5.41) is 9.64. The molecule has 2 aromatic carbocycles. The zero-order chi connectivity index (χ0) is 25.7. The summed E-state index contributed by atoms with van der Waals surface area (Å²) in [4.78, 5) is 23.7. The van der Waals surface area contributed by atoms with Crippen LogP contribution in [0.5, 0.6) is 5.75 Å². The van der Waals surface area contributed by atoms with Gasteiger partial charge in [0.15, 0.2) is 0 Å². The number of rotatable bonds is 7. The lowest BCUT2D eigenvalue weighted by Gasteiger charge is -2.33. The lowest BCUT2D eigenvalue weighted by atomic mass is 9.73. The highest BCUT2D eigenvalue weighted by Gasteiger charge is 2.51. The molecule has 2 aromatic rings. The molecule has 0 radical (unpaired) electrons. The highest BCUT2D eigenvalue weighted by Crippen LogP contribution is 2.47. The highest BCUT2D eigenvalue weighted by molar-refractivity contribution is 5.89. The number of ether oxygens (including phenoxy) is 2. The molecule has 3 rings (SSSR count). The molecule has 1 saturated carbocycles. The Morgan fingerprint density at radius 3 is 1.94 bits per heavy atom. The van der Waals surface area contributed by atoms with Crippen LogP contribution < -0.4 is 0 Å². The topological polar surface area (TPSA) is 72.8 Å². The normalized spacial score (nSPS) is 20.9. The maximum Gasteiger partial charge on any atom is 0.302 e. The van der Waals surface area contributed by atoms with Crippen molar-refractivity contribution in [3.63, 3.8) is 0 Å². The molecule has 0 aliphatic heterocycles. The molecule has 1 unspecified atom stereocenters. The quantitative estimate of drug-likeness (QED) is 0.370. The average molecular weight is 469 g/mol. The monoisotopic (exact) mass is 468 g/mol. The van der Waals surface area contributed by atoms with Gasteiger partial charge in [-0.05, 0) is 54.5 Å². The summed E-state index contributed by atoms with van der Waals surface area (Å²) < 4.78 is 11.3. The van der Waals surface area contributed by atoms with Gasteiger partial charge in [-0.2, -0.15) is 0 Å². The first-order chi connectivity index (χ1) is 16.2. The second-order valence-electron chi connectivity index (χ2n) is 8.72. The molecule has 1 aliphatic rings. The van der Waals surface area contributed by atoms with E-state index in [2.05, 4.69) is 33.9 Å². The molecule has 0 bridgehead atoms. The number of ketones is 1. The number of phenols is 1. The van der Waals surface area contributed by atoms with Gasteiger partial charge < -0.3 is 14.6 Å². The fourth-order valence-electron chi connectivity index (χ4n) is 4.29. The van der Waals surface area contributed by atoms with Crippen molar-refractivity contribution >= 4 is 11.8 Å². The zero-order valence-corrected chi connectivity index (χ0v) is 21.3. The van der Waals surface area contributed by atoms with Crippen molar-refractivity contribution < 1.29 is 24.2 Å². The van der Waals surface area contributed by atoms with Gasteiger partial charge in [-0.1, -0.05) is 63.6 Å². The molecule has 1 fully saturated rings. The number of carbonyl (C=O) groups is 2. The molecule has 3 atom stereocenters. The number of hydrogen-bond acceptors (Lipinski definition) is 5. The average Bonchev–Trinajstić information content (AvgIpc) is 3.16. The van der Waals surface area contributed by atoms with Gasteiger partial charge in [-0.25, -0.2) is 0 Å². The molecular weight excluding hydrogens is 428 g/mol. The smallest absolute Gasteiger partial charge is 0.302 e. The van der Waals surface area contributed by atoms with Crippen LogP contribution in [0.25, 0.3) is 0 Å². The molecule has 0 spiro atoms. The Kier molecular flexibility index (Phi) is 12.3. The number of phenolic OH excluding ortho intramolecular Hbond substituents is 1. The fourth-order valence-corrected chi connectivity index (χ4v) is 4.29. The van der Waals surface area contributed by atoms with Crippen LogP contribution in [-0.4, -0.2) is 23.0 Å². The predicted molar refractivity (Wildman–Crippen MR) is 137 cm³/mol. The Hall–Kier alpha value is -2.92. The summed E-state index contributed by atoms with van der Waals surface area (Å²) in [6.07, 6.45) is 2.57. The number of Topliss-reactive ketones (excluding diaryl/α,β-unsaturated/α-hetero) is 1. The van der Waals surface area contributed by atoms with Crippen molar-refractivity contribution in [3.05, 3.63) is 78.4 Å². The van der Waals surface area contributed by atoms with E-state index in [1.165, 1.54) is 13.3 Å². The minimum atomic E-state index is -0.692. The van der Waals surface area contributed by atoms with Crippen LogP contribution >= 0.6 is 0 Å². The molecule has 0 heterocycles. The molecule has 0 amide bonds. The van der Waals surface area contributed by atoms with Crippen molar-refractivity contribution in [2.24, 2.45) is 5.92 Å². The summed E-state index contributed by atoms with van der Waals surface area (Å²) in [5.74, 6) is 0.338. The predicted octanol–water partition coefficient (Wildman–Crippen LogP) is 6.52. The second-order valence-corrected chi connectivity index (χ2v) is 8.72. The van der Waals surface area contributed by atoms with E-state index in [0.717, 1.165) is 29.5 Å². The maximum atomic E-state index is 12.8. The van der Waals surface area contributed by atoms with Gasteiger partial charge >= 0.3 is 5.97 Å². The summed E-state index contributed by atoms with van der Waals surface area (Å²) >= 11 is 0. The van der Waals surface area contributed by atoms with Crippen LogP contribution in [-0.2, 0) is 37.7 Å². The minimum Gasteiger partial charge on any atom is -0.508 e. The zero-order valence-electron chi connectivity index (χ0n) is 21.3. The van der Waals surface area contributed by atoms with Gasteiger partial charge in [0.05, 0.1) is 18.1 Å². The van der Waals surface area contributed by atoms with Crippen molar-refractivity contribution in [1.29, 1.82) is 0 Å². The van der Waals surface area contributed by atoms with E-state index in [1.54, 1.807) is 19.1 Å². The number of carbonyl (C=O) groups excluding carboxylic acids is 2.